The number of amides is 1. The van der Waals surface area contributed by atoms with Crippen LogP contribution in [0.1, 0.15) is 12.8 Å². The molecule has 2 heterocycles. The van der Waals surface area contributed by atoms with Crippen molar-refractivity contribution < 1.29 is 14.3 Å². The lowest BCUT2D eigenvalue weighted by molar-refractivity contribution is -0.133. The highest BCUT2D eigenvalue weighted by Crippen LogP contribution is 2.12. The molecular weight excluding hydrogens is 244 g/mol. The zero-order chi connectivity index (χ0) is 11.4. The van der Waals surface area contributed by atoms with Crippen LogP contribution in [0.25, 0.3) is 0 Å². The fourth-order valence-corrected chi connectivity index (χ4v) is 2.14. The molecule has 0 spiro atoms. The fourth-order valence-electron chi connectivity index (χ4n) is 2.14. The Morgan fingerprint density at radius 2 is 2.12 bits per heavy atom. The first-order valence-electron chi connectivity index (χ1n) is 5.92. The van der Waals surface area contributed by atoms with Gasteiger partial charge in [0.25, 0.3) is 0 Å². The van der Waals surface area contributed by atoms with E-state index in [1.165, 1.54) is 0 Å². The number of rotatable bonds is 3. The predicted molar refractivity (Wildman–Crippen MR) is 66.5 cm³/mol. The molecule has 2 aliphatic heterocycles. The van der Waals surface area contributed by atoms with Crippen LogP contribution in [0, 0.1) is 0 Å². The Bertz CT molecular complexity index is 241. The van der Waals surface area contributed by atoms with Gasteiger partial charge in [-0.05, 0) is 6.42 Å². The summed E-state index contributed by atoms with van der Waals surface area (Å²) < 4.78 is 10.6. The second-order valence-corrected chi connectivity index (χ2v) is 4.45. The Morgan fingerprint density at radius 3 is 2.71 bits per heavy atom. The van der Waals surface area contributed by atoms with Crippen LogP contribution in [0.4, 0.5) is 0 Å². The van der Waals surface area contributed by atoms with Gasteiger partial charge in [-0.1, -0.05) is 0 Å². The van der Waals surface area contributed by atoms with E-state index in [0.717, 1.165) is 26.2 Å². The summed E-state index contributed by atoms with van der Waals surface area (Å²) in [6, 6.07) is 0.433. The Balaban J connectivity index is 0.00000144. The third-order valence-corrected chi connectivity index (χ3v) is 3.27. The number of hydrogen-bond donors (Lipinski definition) is 1. The molecule has 0 aromatic carbocycles. The van der Waals surface area contributed by atoms with Gasteiger partial charge >= 0.3 is 0 Å². The monoisotopic (exact) mass is 264 g/mol. The lowest BCUT2D eigenvalue weighted by atomic mass is 10.1. The Morgan fingerprint density at radius 1 is 1.35 bits per heavy atom. The lowest BCUT2D eigenvalue weighted by Crippen LogP contribution is -2.46. The average Bonchev–Trinajstić information content (AvgIpc) is 2.83. The second-order valence-electron chi connectivity index (χ2n) is 4.45. The zero-order valence-electron chi connectivity index (χ0n) is 10.2. The number of nitrogens with one attached hydrogen (secondary N) is 1. The van der Waals surface area contributed by atoms with Crippen molar-refractivity contribution in [2.45, 2.75) is 24.9 Å². The number of carbonyl (C=O) groups is 1. The molecule has 2 fully saturated rings. The van der Waals surface area contributed by atoms with Crippen molar-refractivity contribution in [3.05, 3.63) is 0 Å². The van der Waals surface area contributed by atoms with Gasteiger partial charge in [-0.3, -0.25) is 4.79 Å². The number of halogens is 1. The number of nitrogens with zero attached hydrogens (tertiary/aromatic N) is 1. The maximum Gasteiger partial charge on any atom is 0.224 e. The zero-order valence-corrected chi connectivity index (χ0v) is 11.0. The van der Waals surface area contributed by atoms with Gasteiger partial charge in [0.1, 0.15) is 0 Å². The summed E-state index contributed by atoms with van der Waals surface area (Å²) in [6.45, 7) is 3.68. The molecule has 0 radical (unpaired) electrons. The van der Waals surface area contributed by atoms with Crippen molar-refractivity contribution in [2.75, 3.05) is 40.0 Å². The first-order chi connectivity index (χ1) is 7.77. The molecule has 0 bridgehead atoms. The molecule has 2 unspecified atom stereocenters. The van der Waals surface area contributed by atoms with E-state index in [1.807, 2.05) is 11.9 Å². The predicted octanol–water partition coefficient (Wildman–Crippen LogP) is 0.0340. The van der Waals surface area contributed by atoms with Gasteiger partial charge < -0.3 is 19.7 Å². The number of morpholine rings is 1. The number of likely N-dealkylation sites (N-methyl/N-ethyl adjacent to an activating group) is 1. The second kappa shape index (κ2) is 7.16. The van der Waals surface area contributed by atoms with Crippen LogP contribution < -0.4 is 5.32 Å². The molecule has 0 saturated carbocycles. The van der Waals surface area contributed by atoms with Crippen LogP contribution in [0.2, 0.25) is 0 Å². The molecule has 2 rings (SSSR count). The topological polar surface area (TPSA) is 50.8 Å². The van der Waals surface area contributed by atoms with E-state index in [0.29, 0.717) is 19.6 Å². The van der Waals surface area contributed by atoms with Crippen LogP contribution in [-0.2, 0) is 14.3 Å². The molecule has 5 nitrogen and oxygen atoms in total. The van der Waals surface area contributed by atoms with Crippen LogP contribution in [0.5, 0.6) is 0 Å². The summed E-state index contributed by atoms with van der Waals surface area (Å²) in [5, 5.41) is 3.29. The Kier molecular flexibility index (Phi) is 6.19. The van der Waals surface area contributed by atoms with Crippen LogP contribution >= 0.6 is 12.4 Å². The largest absolute Gasteiger partial charge is 0.379 e. The Labute approximate surface area is 108 Å². The summed E-state index contributed by atoms with van der Waals surface area (Å²) in [5.41, 5.74) is 0. The molecule has 2 aliphatic rings. The third-order valence-electron chi connectivity index (χ3n) is 3.27. The normalized spacial score (nSPS) is 28.5. The van der Waals surface area contributed by atoms with Gasteiger partial charge in [0.2, 0.25) is 5.91 Å². The highest BCUT2D eigenvalue weighted by Gasteiger charge is 2.26. The van der Waals surface area contributed by atoms with E-state index < -0.39 is 0 Å². The third kappa shape index (κ3) is 4.10. The molecule has 0 aromatic rings. The van der Waals surface area contributed by atoms with E-state index in [9.17, 15) is 4.79 Å². The SMILES string of the molecule is CN(C(=O)CC1COCCN1)C1CCOC1.Cl. The molecule has 0 aliphatic carbocycles. The van der Waals surface area contributed by atoms with E-state index in [2.05, 4.69) is 5.32 Å². The van der Waals surface area contributed by atoms with Crippen molar-refractivity contribution in [1.29, 1.82) is 0 Å². The van der Waals surface area contributed by atoms with E-state index in [-0.39, 0.29) is 30.4 Å². The van der Waals surface area contributed by atoms with Crippen LogP contribution in [0.3, 0.4) is 0 Å². The van der Waals surface area contributed by atoms with Crippen LogP contribution in [-0.4, -0.2) is 62.9 Å². The lowest BCUT2D eigenvalue weighted by Gasteiger charge is -2.28. The van der Waals surface area contributed by atoms with Gasteiger partial charge in [-0.25, -0.2) is 0 Å². The molecule has 17 heavy (non-hydrogen) atoms. The highest BCUT2D eigenvalue weighted by atomic mass is 35.5. The van der Waals surface area contributed by atoms with Crippen molar-refractivity contribution in [1.82, 2.24) is 10.2 Å². The first kappa shape index (κ1) is 14.7. The minimum absolute atomic E-state index is 0. The summed E-state index contributed by atoms with van der Waals surface area (Å²) in [5.74, 6) is 0.179. The maximum absolute atomic E-state index is 12.0. The molecular formula is C11H21ClN2O3. The van der Waals surface area contributed by atoms with Crippen molar-refractivity contribution in [3.63, 3.8) is 0 Å². The molecule has 100 valence electrons. The number of carbonyl (C=O) groups excluding carboxylic acids is 1. The van der Waals surface area contributed by atoms with Crippen molar-refractivity contribution >= 4 is 18.3 Å². The average molecular weight is 265 g/mol. The number of hydrogen-bond acceptors (Lipinski definition) is 4. The maximum atomic E-state index is 12.0. The van der Waals surface area contributed by atoms with Gasteiger partial charge in [0.05, 0.1) is 25.9 Å². The van der Waals surface area contributed by atoms with Crippen molar-refractivity contribution in [2.24, 2.45) is 0 Å². The quantitative estimate of drug-likeness (QED) is 0.782. The standard InChI is InChI=1S/C11H20N2O3.ClH/c1-13(10-2-4-15-8-10)11(14)6-9-7-16-5-3-12-9;/h9-10,12H,2-8H2,1H3;1H. The summed E-state index contributed by atoms with van der Waals surface area (Å²) in [7, 11) is 1.87. The summed E-state index contributed by atoms with van der Waals surface area (Å²) in [6.07, 6.45) is 1.48. The minimum atomic E-state index is 0. The molecule has 0 aromatic heterocycles. The smallest absolute Gasteiger partial charge is 0.224 e. The molecule has 1 N–H and O–H groups in total. The van der Waals surface area contributed by atoms with E-state index >= 15 is 0 Å². The van der Waals surface area contributed by atoms with E-state index in [1.54, 1.807) is 0 Å². The minimum Gasteiger partial charge on any atom is -0.379 e. The van der Waals surface area contributed by atoms with Crippen molar-refractivity contribution in [3.8, 4) is 0 Å². The highest BCUT2D eigenvalue weighted by molar-refractivity contribution is 5.85. The molecule has 6 heteroatoms. The number of ether oxygens (including phenoxy) is 2. The summed E-state index contributed by atoms with van der Waals surface area (Å²) in [4.78, 5) is 13.8. The Hall–Kier alpha value is -0.360. The van der Waals surface area contributed by atoms with Gasteiger partial charge in [0, 0.05) is 32.7 Å². The van der Waals surface area contributed by atoms with Gasteiger partial charge in [-0.2, -0.15) is 0 Å². The summed E-state index contributed by atoms with van der Waals surface area (Å²) >= 11 is 0. The molecule has 1 amide bonds. The van der Waals surface area contributed by atoms with E-state index in [4.69, 9.17) is 9.47 Å². The van der Waals surface area contributed by atoms with Gasteiger partial charge in [0.15, 0.2) is 0 Å². The van der Waals surface area contributed by atoms with Crippen LogP contribution in [0.15, 0.2) is 0 Å². The fraction of sp³-hybridized carbons (Fsp3) is 0.909. The first-order valence-corrected chi connectivity index (χ1v) is 5.92. The van der Waals surface area contributed by atoms with Gasteiger partial charge in [-0.15, -0.1) is 12.4 Å². The molecule has 2 atom stereocenters. The molecule has 2 saturated heterocycles.